The van der Waals surface area contributed by atoms with Gasteiger partial charge in [0.1, 0.15) is 0 Å². The number of carboxylic acids is 2. The lowest BCUT2D eigenvalue weighted by Crippen LogP contribution is -2.18. The Bertz CT molecular complexity index is 675. The maximum atomic E-state index is 12.6. The Morgan fingerprint density at radius 1 is 0.649 bits per heavy atom. The van der Waals surface area contributed by atoms with Crippen molar-refractivity contribution in [3.8, 4) is 0 Å². The molecule has 37 heavy (non-hydrogen) atoms. The minimum Gasteiger partial charge on any atom is -0.481 e. The second-order valence-corrected chi connectivity index (χ2v) is 10.6. The van der Waals surface area contributed by atoms with Crippen molar-refractivity contribution in [1.29, 1.82) is 0 Å². The highest BCUT2D eigenvalue weighted by Crippen LogP contribution is 2.27. The van der Waals surface area contributed by atoms with Gasteiger partial charge in [-0.2, -0.15) is 0 Å². The van der Waals surface area contributed by atoms with Gasteiger partial charge in [-0.1, -0.05) is 77.6 Å². The molecule has 0 aliphatic carbocycles. The van der Waals surface area contributed by atoms with Crippen molar-refractivity contribution in [2.24, 2.45) is 5.92 Å². The van der Waals surface area contributed by atoms with E-state index < -0.39 is 11.9 Å². The van der Waals surface area contributed by atoms with Crippen molar-refractivity contribution >= 4 is 17.9 Å². The summed E-state index contributed by atoms with van der Waals surface area (Å²) in [6.07, 6.45) is 21.1. The summed E-state index contributed by atoms with van der Waals surface area (Å²) in [4.78, 5) is 33.7. The van der Waals surface area contributed by atoms with E-state index in [1.54, 1.807) is 0 Å². The quantitative estimate of drug-likeness (QED) is 0.0743. The lowest BCUT2D eigenvalue weighted by atomic mass is 9.94. The number of esters is 1. The molecule has 0 spiro atoms. The maximum Gasteiger partial charge on any atom is 0.308 e. The molecule has 0 fully saturated rings. The fraction of sp³-hybridized carbons (Fsp3) is 0.833. The first-order valence-corrected chi connectivity index (χ1v) is 15.0. The smallest absolute Gasteiger partial charge is 0.308 e. The van der Waals surface area contributed by atoms with Gasteiger partial charge in [-0.15, -0.1) is 0 Å². The standard InChI is InChI=1S/C30H53NO6/c1-2-3-24-37-30(36)25(18-12-6-4-8-16-22-28(32)33)19-13-10-11-15-21-27-26(31-27)20-14-7-5-9-17-23-29(34)35/h25,31H,2-24H2,1H3,(H,32,33)(H,34,35). The summed E-state index contributed by atoms with van der Waals surface area (Å²) in [7, 11) is 0. The van der Waals surface area contributed by atoms with Gasteiger partial charge < -0.3 is 20.3 Å². The molecule has 0 saturated carbocycles. The molecule has 3 N–H and O–H groups in total. The molecule has 7 nitrogen and oxygen atoms in total. The molecule has 0 aromatic rings. The zero-order valence-corrected chi connectivity index (χ0v) is 23.4. The van der Waals surface area contributed by atoms with Crippen molar-refractivity contribution in [2.45, 2.75) is 148 Å². The fourth-order valence-corrected chi connectivity index (χ4v) is 4.74. The van der Waals surface area contributed by atoms with E-state index in [-0.39, 0.29) is 24.7 Å². The molecule has 0 bridgehead atoms. The van der Waals surface area contributed by atoms with Crippen LogP contribution in [-0.2, 0) is 19.1 Å². The van der Waals surface area contributed by atoms with Gasteiger partial charge in [-0.3, -0.25) is 14.4 Å². The second kappa shape index (κ2) is 22.0. The first-order chi connectivity index (χ1) is 17.9. The maximum absolute atomic E-state index is 12.6. The summed E-state index contributed by atoms with van der Waals surface area (Å²) < 4.78 is 5.52. The van der Waals surface area contributed by atoms with Crippen LogP contribution in [0.15, 0.2) is 11.4 Å². The highest BCUT2D eigenvalue weighted by molar-refractivity contribution is 5.72. The molecule has 0 saturated heterocycles. The third kappa shape index (κ3) is 19.7. The Morgan fingerprint density at radius 3 is 1.54 bits per heavy atom. The Hall–Kier alpha value is -2.05. The van der Waals surface area contributed by atoms with Crippen LogP contribution in [0.2, 0.25) is 0 Å². The zero-order chi connectivity index (χ0) is 27.1. The number of carbonyl (C=O) groups excluding carboxylic acids is 1. The van der Waals surface area contributed by atoms with Crippen LogP contribution in [0.4, 0.5) is 0 Å². The summed E-state index contributed by atoms with van der Waals surface area (Å²) in [5.41, 5.74) is 2.84. The number of hydrogen-bond donors (Lipinski definition) is 3. The van der Waals surface area contributed by atoms with Crippen molar-refractivity contribution < 1.29 is 29.3 Å². The number of hydrogen-bond acceptors (Lipinski definition) is 5. The summed E-state index contributed by atoms with van der Waals surface area (Å²) in [5, 5.41) is 20.8. The van der Waals surface area contributed by atoms with Crippen LogP contribution in [0.1, 0.15) is 148 Å². The van der Waals surface area contributed by atoms with Crippen LogP contribution in [0.5, 0.6) is 0 Å². The van der Waals surface area contributed by atoms with Gasteiger partial charge in [-0.25, -0.2) is 0 Å². The minimum absolute atomic E-state index is 0.000544. The van der Waals surface area contributed by atoms with E-state index in [4.69, 9.17) is 14.9 Å². The molecule has 1 aliphatic heterocycles. The number of unbranched alkanes of at least 4 members (excludes halogenated alkanes) is 12. The monoisotopic (exact) mass is 523 g/mol. The van der Waals surface area contributed by atoms with Crippen LogP contribution in [0.3, 0.4) is 0 Å². The van der Waals surface area contributed by atoms with Gasteiger partial charge in [-0.05, 0) is 57.8 Å². The molecule has 0 aromatic carbocycles. The second-order valence-electron chi connectivity index (χ2n) is 10.6. The molecule has 1 aliphatic rings. The molecule has 1 atom stereocenters. The average Bonchev–Trinajstić information content (AvgIpc) is 3.61. The summed E-state index contributed by atoms with van der Waals surface area (Å²) in [6, 6.07) is 0. The number of rotatable bonds is 27. The largest absolute Gasteiger partial charge is 0.481 e. The van der Waals surface area contributed by atoms with Gasteiger partial charge >= 0.3 is 17.9 Å². The third-order valence-corrected chi connectivity index (χ3v) is 7.17. The highest BCUT2D eigenvalue weighted by Gasteiger charge is 2.20. The number of ether oxygens (including phenoxy) is 1. The molecule has 1 rings (SSSR count). The summed E-state index contributed by atoms with van der Waals surface area (Å²) in [5.74, 6) is -1.45. The fourth-order valence-electron chi connectivity index (χ4n) is 4.74. The van der Waals surface area contributed by atoms with E-state index in [0.717, 1.165) is 103 Å². The van der Waals surface area contributed by atoms with E-state index in [2.05, 4.69) is 12.2 Å². The first kappa shape index (κ1) is 33.0. The lowest BCUT2D eigenvalue weighted by molar-refractivity contribution is -0.149. The van der Waals surface area contributed by atoms with E-state index in [0.29, 0.717) is 6.61 Å². The van der Waals surface area contributed by atoms with Crippen molar-refractivity contribution in [1.82, 2.24) is 5.32 Å². The van der Waals surface area contributed by atoms with Gasteiger partial charge in [0, 0.05) is 24.2 Å². The molecule has 7 heteroatoms. The van der Waals surface area contributed by atoms with Crippen LogP contribution in [0, 0.1) is 5.92 Å². The zero-order valence-electron chi connectivity index (χ0n) is 23.4. The topological polar surface area (TPSA) is 123 Å². The van der Waals surface area contributed by atoms with Crippen molar-refractivity contribution in [2.75, 3.05) is 6.61 Å². The van der Waals surface area contributed by atoms with E-state index in [1.165, 1.54) is 37.1 Å². The normalized spacial score (nSPS) is 13.3. The number of allylic oxidation sites excluding steroid dienone is 2. The Kier molecular flexibility index (Phi) is 19.6. The van der Waals surface area contributed by atoms with Crippen LogP contribution >= 0.6 is 0 Å². The average molecular weight is 524 g/mol. The number of carbonyl (C=O) groups is 3. The molecule has 0 radical (unpaired) electrons. The SMILES string of the molecule is CCCCOC(=O)C(CCCCCCCC(=O)O)CCCCCCC1=C(CCCCCCCC(=O)O)N1. The molecule has 0 amide bonds. The van der Waals surface area contributed by atoms with Crippen LogP contribution in [-0.4, -0.2) is 34.7 Å². The van der Waals surface area contributed by atoms with Gasteiger partial charge in [0.15, 0.2) is 0 Å². The van der Waals surface area contributed by atoms with Gasteiger partial charge in [0.2, 0.25) is 0 Å². The van der Waals surface area contributed by atoms with Crippen LogP contribution in [0.25, 0.3) is 0 Å². The van der Waals surface area contributed by atoms with Crippen LogP contribution < -0.4 is 5.32 Å². The van der Waals surface area contributed by atoms with Crippen molar-refractivity contribution in [3.05, 3.63) is 11.4 Å². The van der Waals surface area contributed by atoms with E-state index >= 15 is 0 Å². The first-order valence-electron chi connectivity index (χ1n) is 15.0. The summed E-state index contributed by atoms with van der Waals surface area (Å²) in [6.45, 7) is 2.62. The molecular formula is C30H53NO6. The van der Waals surface area contributed by atoms with E-state index in [1.807, 2.05) is 0 Å². The van der Waals surface area contributed by atoms with Gasteiger partial charge in [0.05, 0.1) is 12.5 Å². The molecule has 1 unspecified atom stereocenters. The Balaban J connectivity index is 2.12. The highest BCUT2D eigenvalue weighted by atomic mass is 16.5. The van der Waals surface area contributed by atoms with E-state index in [9.17, 15) is 14.4 Å². The number of carboxylic acid groups (broad SMARTS) is 2. The Morgan fingerprint density at radius 2 is 1.08 bits per heavy atom. The predicted molar refractivity (Wildman–Crippen MR) is 147 cm³/mol. The molecule has 0 aromatic heterocycles. The van der Waals surface area contributed by atoms with Crippen molar-refractivity contribution in [3.63, 3.8) is 0 Å². The lowest BCUT2D eigenvalue weighted by Gasteiger charge is -2.16. The Labute approximate surface area is 224 Å². The predicted octanol–water partition coefficient (Wildman–Crippen LogP) is 7.73. The molecule has 1 heterocycles. The molecule has 214 valence electrons. The minimum atomic E-state index is -0.723. The molecular weight excluding hydrogens is 470 g/mol. The summed E-state index contributed by atoms with van der Waals surface area (Å²) >= 11 is 0. The van der Waals surface area contributed by atoms with Gasteiger partial charge in [0.25, 0.3) is 0 Å². The number of nitrogens with one attached hydrogen (secondary N) is 1. The number of aliphatic carboxylic acids is 2. The third-order valence-electron chi connectivity index (χ3n) is 7.17.